The number of hydrogen-bond donors (Lipinski definition) is 1. The van der Waals surface area contributed by atoms with E-state index in [9.17, 15) is 24.1 Å². The maximum absolute atomic E-state index is 13.0. The van der Waals surface area contributed by atoms with Crippen molar-refractivity contribution < 1.29 is 23.6 Å². The molecule has 1 amide bonds. The van der Waals surface area contributed by atoms with Gasteiger partial charge in [-0.15, -0.1) is 0 Å². The molecular formula is C15H10ClFN2O5. The Morgan fingerprint density at radius 3 is 2.62 bits per heavy atom. The largest absolute Gasteiger partial charge is 0.452 e. The summed E-state index contributed by atoms with van der Waals surface area (Å²) in [7, 11) is 0. The lowest BCUT2D eigenvalue weighted by Gasteiger charge is -2.07. The van der Waals surface area contributed by atoms with Crippen LogP contribution in [0.2, 0.25) is 5.02 Å². The van der Waals surface area contributed by atoms with Crippen LogP contribution in [0.25, 0.3) is 0 Å². The second kappa shape index (κ2) is 7.51. The lowest BCUT2D eigenvalue weighted by Crippen LogP contribution is -2.21. The number of benzene rings is 2. The number of para-hydroxylation sites is 1. The maximum atomic E-state index is 13.0. The number of anilines is 1. The van der Waals surface area contributed by atoms with Crippen molar-refractivity contribution in [3.8, 4) is 0 Å². The molecule has 0 aliphatic carbocycles. The number of nitrogens with one attached hydrogen (secondary N) is 1. The van der Waals surface area contributed by atoms with Gasteiger partial charge in [0.05, 0.1) is 9.95 Å². The van der Waals surface area contributed by atoms with Gasteiger partial charge in [0, 0.05) is 11.8 Å². The van der Waals surface area contributed by atoms with Crippen LogP contribution >= 0.6 is 11.6 Å². The minimum absolute atomic E-state index is 0.176. The topological polar surface area (TPSA) is 98.5 Å². The number of esters is 1. The Kier molecular flexibility index (Phi) is 5.43. The normalized spacial score (nSPS) is 10.1. The van der Waals surface area contributed by atoms with Crippen LogP contribution in [0, 0.1) is 15.9 Å². The summed E-state index contributed by atoms with van der Waals surface area (Å²) in [5.41, 5.74) is -0.471. The molecule has 2 rings (SSSR count). The van der Waals surface area contributed by atoms with Crippen LogP contribution in [0.1, 0.15) is 10.4 Å². The molecule has 1 N–H and O–H groups in total. The van der Waals surface area contributed by atoms with E-state index < -0.39 is 34.9 Å². The van der Waals surface area contributed by atoms with Gasteiger partial charge in [0.2, 0.25) is 0 Å². The minimum atomic E-state index is -1.01. The van der Waals surface area contributed by atoms with Gasteiger partial charge in [0.15, 0.2) is 6.61 Å². The zero-order valence-corrected chi connectivity index (χ0v) is 12.7. The fourth-order valence-electron chi connectivity index (χ4n) is 1.79. The highest BCUT2D eigenvalue weighted by Crippen LogP contribution is 2.20. The van der Waals surface area contributed by atoms with E-state index in [-0.39, 0.29) is 16.3 Å². The molecule has 0 saturated carbocycles. The first-order valence-corrected chi connectivity index (χ1v) is 6.91. The predicted octanol–water partition coefficient (Wildman–Crippen LogP) is 3.18. The van der Waals surface area contributed by atoms with Crippen molar-refractivity contribution in [1.82, 2.24) is 0 Å². The molecule has 0 radical (unpaired) electrons. The standard InChI is InChI=1S/C15H10ClFN2O5/c16-11-7-9(5-6-12(11)17)18-14(20)8-24-15(21)10-3-1-2-4-13(10)19(22)23/h1-7H,8H2,(H,18,20). The summed E-state index contributed by atoms with van der Waals surface area (Å²) in [5, 5.41) is 13.0. The number of halogens is 2. The van der Waals surface area contributed by atoms with Crippen LogP contribution in [0.3, 0.4) is 0 Å². The average molecular weight is 353 g/mol. The molecule has 124 valence electrons. The van der Waals surface area contributed by atoms with Gasteiger partial charge in [-0.05, 0) is 24.3 Å². The summed E-state index contributed by atoms with van der Waals surface area (Å²) in [6.45, 7) is -0.667. The first kappa shape index (κ1) is 17.4. The number of rotatable bonds is 5. The lowest BCUT2D eigenvalue weighted by molar-refractivity contribution is -0.385. The van der Waals surface area contributed by atoms with E-state index >= 15 is 0 Å². The van der Waals surface area contributed by atoms with E-state index in [2.05, 4.69) is 5.32 Å². The maximum Gasteiger partial charge on any atom is 0.345 e. The van der Waals surface area contributed by atoms with Gasteiger partial charge in [-0.3, -0.25) is 14.9 Å². The van der Waals surface area contributed by atoms with Gasteiger partial charge in [-0.25, -0.2) is 9.18 Å². The number of ether oxygens (including phenoxy) is 1. The molecule has 0 saturated heterocycles. The van der Waals surface area contributed by atoms with Crippen molar-refractivity contribution >= 4 is 34.9 Å². The molecular weight excluding hydrogens is 343 g/mol. The van der Waals surface area contributed by atoms with Crippen molar-refractivity contribution in [3.63, 3.8) is 0 Å². The molecule has 9 heteroatoms. The zero-order valence-electron chi connectivity index (χ0n) is 12.0. The minimum Gasteiger partial charge on any atom is -0.452 e. The van der Waals surface area contributed by atoms with Gasteiger partial charge < -0.3 is 10.1 Å². The second-order valence-corrected chi connectivity index (χ2v) is 4.93. The highest BCUT2D eigenvalue weighted by molar-refractivity contribution is 6.31. The van der Waals surface area contributed by atoms with Gasteiger partial charge in [-0.1, -0.05) is 23.7 Å². The monoisotopic (exact) mass is 352 g/mol. The Morgan fingerprint density at radius 2 is 1.96 bits per heavy atom. The lowest BCUT2D eigenvalue weighted by atomic mass is 10.2. The van der Waals surface area contributed by atoms with Gasteiger partial charge in [0.1, 0.15) is 11.4 Å². The van der Waals surface area contributed by atoms with Gasteiger partial charge in [0.25, 0.3) is 11.6 Å². The van der Waals surface area contributed by atoms with Crippen molar-refractivity contribution in [2.75, 3.05) is 11.9 Å². The number of carbonyl (C=O) groups excluding carboxylic acids is 2. The van der Waals surface area contributed by atoms with Crippen molar-refractivity contribution in [2.45, 2.75) is 0 Å². The molecule has 0 aliphatic rings. The summed E-state index contributed by atoms with van der Waals surface area (Å²) >= 11 is 5.58. The third-order valence-electron chi connectivity index (χ3n) is 2.86. The fourth-order valence-corrected chi connectivity index (χ4v) is 1.97. The quantitative estimate of drug-likeness (QED) is 0.506. The first-order chi connectivity index (χ1) is 11.4. The third kappa shape index (κ3) is 4.26. The Morgan fingerprint density at radius 1 is 1.25 bits per heavy atom. The van der Waals surface area contributed by atoms with Gasteiger partial charge >= 0.3 is 5.97 Å². The van der Waals surface area contributed by atoms with Crippen molar-refractivity contribution in [3.05, 3.63) is 69.0 Å². The van der Waals surface area contributed by atoms with E-state index in [1.807, 2.05) is 0 Å². The molecule has 0 heterocycles. The van der Waals surface area contributed by atoms with E-state index in [0.717, 1.165) is 12.1 Å². The first-order valence-electron chi connectivity index (χ1n) is 6.54. The molecule has 7 nitrogen and oxygen atoms in total. The summed E-state index contributed by atoms with van der Waals surface area (Å²) in [6, 6.07) is 8.75. The molecule has 2 aromatic rings. The van der Waals surface area contributed by atoms with Crippen LogP contribution in [0.15, 0.2) is 42.5 Å². The number of hydrogen-bond acceptors (Lipinski definition) is 5. The highest BCUT2D eigenvalue weighted by Gasteiger charge is 2.21. The third-order valence-corrected chi connectivity index (χ3v) is 3.15. The van der Waals surface area contributed by atoms with E-state index in [1.165, 1.54) is 30.3 Å². The molecule has 0 fully saturated rings. The zero-order chi connectivity index (χ0) is 17.7. The summed E-state index contributed by atoms with van der Waals surface area (Å²) in [6.07, 6.45) is 0. The molecule has 0 unspecified atom stereocenters. The Labute approximate surface area is 140 Å². The predicted molar refractivity (Wildman–Crippen MR) is 83.4 cm³/mol. The molecule has 0 aromatic heterocycles. The average Bonchev–Trinajstić information content (AvgIpc) is 2.56. The van der Waals surface area contributed by atoms with Crippen LogP contribution in [-0.4, -0.2) is 23.4 Å². The highest BCUT2D eigenvalue weighted by atomic mass is 35.5. The van der Waals surface area contributed by atoms with E-state index in [1.54, 1.807) is 0 Å². The van der Waals surface area contributed by atoms with Crippen molar-refractivity contribution in [2.24, 2.45) is 0 Å². The van der Waals surface area contributed by atoms with Gasteiger partial charge in [-0.2, -0.15) is 0 Å². The summed E-state index contributed by atoms with van der Waals surface area (Å²) < 4.78 is 17.8. The molecule has 2 aromatic carbocycles. The Balaban J connectivity index is 1.97. The van der Waals surface area contributed by atoms with Crippen LogP contribution in [-0.2, 0) is 9.53 Å². The molecule has 0 bridgehead atoms. The van der Waals surface area contributed by atoms with Crippen LogP contribution in [0.5, 0.6) is 0 Å². The molecule has 0 aliphatic heterocycles. The number of nitrogens with zero attached hydrogens (tertiary/aromatic N) is 1. The molecule has 0 spiro atoms. The second-order valence-electron chi connectivity index (χ2n) is 4.53. The van der Waals surface area contributed by atoms with E-state index in [4.69, 9.17) is 16.3 Å². The number of nitro groups is 1. The summed E-state index contributed by atoms with van der Waals surface area (Å²) in [5.74, 6) is -2.35. The van der Waals surface area contributed by atoms with E-state index in [0.29, 0.717) is 0 Å². The SMILES string of the molecule is O=C(COC(=O)c1ccccc1[N+](=O)[O-])Nc1ccc(F)c(Cl)c1. The summed E-state index contributed by atoms with van der Waals surface area (Å²) in [4.78, 5) is 33.7. The number of carbonyl (C=O) groups is 2. The number of amides is 1. The van der Waals surface area contributed by atoms with Crippen LogP contribution < -0.4 is 5.32 Å². The van der Waals surface area contributed by atoms with Crippen LogP contribution in [0.4, 0.5) is 15.8 Å². The Hall–Kier alpha value is -3.00. The molecule has 24 heavy (non-hydrogen) atoms. The number of nitro benzene ring substituents is 1. The molecule has 0 atom stereocenters. The van der Waals surface area contributed by atoms with Crippen molar-refractivity contribution in [1.29, 1.82) is 0 Å². The smallest absolute Gasteiger partial charge is 0.345 e. The fraction of sp³-hybridized carbons (Fsp3) is 0.0667. The Bertz CT molecular complexity index is 812.